The van der Waals surface area contributed by atoms with Gasteiger partial charge in [0, 0.05) is 18.4 Å². The summed E-state index contributed by atoms with van der Waals surface area (Å²) >= 11 is 0. The molecule has 4 nitrogen and oxygen atoms in total. The average molecular weight is 237 g/mol. The minimum atomic E-state index is 0.134. The van der Waals surface area contributed by atoms with Crippen molar-refractivity contribution in [2.45, 2.75) is 32.7 Å². The normalized spacial score (nSPS) is 12.6. The largest absolute Gasteiger partial charge is 0.383 e. The maximum Gasteiger partial charge on any atom is 0.128 e. The highest BCUT2D eigenvalue weighted by atomic mass is 16.5. The summed E-state index contributed by atoms with van der Waals surface area (Å²) < 4.78 is 5.61. The molecule has 3 N–H and O–H groups in total. The Bertz CT molecular complexity index is 317. The maximum atomic E-state index is 5.89. The molecule has 1 rings (SSSR count). The van der Waals surface area contributed by atoms with Crippen molar-refractivity contribution in [1.29, 1.82) is 0 Å². The van der Waals surface area contributed by atoms with E-state index in [1.54, 1.807) is 6.20 Å². The molecule has 0 aliphatic rings. The van der Waals surface area contributed by atoms with E-state index < -0.39 is 0 Å². The van der Waals surface area contributed by atoms with Crippen LogP contribution in [0.1, 0.15) is 38.3 Å². The van der Waals surface area contributed by atoms with Crippen molar-refractivity contribution in [2.24, 2.45) is 0 Å². The van der Waals surface area contributed by atoms with Gasteiger partial charge in [-0.15, -0.1) is 0 Å². The fourth-order valence-corrected chi connectivity index (χ4v) is 1.65. The predicted molar refractivity (Wildman–Crippen MR) is 70.8 cm³/mol. The molecule has 0 aliphatic heterocycles. The molecule has 1 aromatic rings. The van der Waals surface area contributed by atoms with Crippen LogP contribution in [0.25, 0.3) is 0 Å². The van der Waals surface area contributed by atoms with Gasteiger partial charge in [0.1, 0.15) is 5.82 Å². The summed E-state index contributed by atoms with van der Waals surface area (Å²) in [7, 11) is 0. The molecule has 0 bridgehead atoms. The molecule has 0 saturated heterocycles. The number of ether oxygens (including phenoxy) is 1. The van der Waals surface area contributed by atoms with E-state index >= 15 is 0 Å². The maximum absolute atomic E-state index is 5.89. The molecular weight excluding hydrogens is 214 g/mol. The van der Waals surface area contributed by atoms with E-state index in [1.165, 1.54) is 0 Å². The Labute approximate surface area is 104 Å². The zero-order valence-corrected chi connectivity index (χ0v) is 10.8. The van der Waals surface area contributed by atoms with Gasteiger partial charge in [-0.2, -0.15) is 0 Å². The summed E-state index contributed by atoms with van der Waals surface area (Å²) in [4.78, 5) is 4.12. The van der Waals surface area contributed by atoms with Crippen LogP contribution in [0.3, 0.4) is 0 Å². The lowest BCUT2D eigenvalue weighted by atomic mass is 10.1. The molecule has 0 amide bonds. The molecule has 0 saturated carbocycles. The summed E-state index contributed by atoms with van der Waals surface area (Å²) in [5.41, 5.74) is 6.92. The summed E-state index contributed by atoms with van der Waals surface area (Å²) in [6, 6.07) is 4.05. The fourth-order valence-electron chi connectivity index (χ4n) is 1.65. The first-order chi connectivity index (χ1) is 8.29. The summed E-state index contributed by atoms with van der Waals surface area (Å²) in [5.74, 6) is 0.584. The molecule has 96 valence electrons. The van der Waals surface area contributed by atoms with Crippen molar-refractivity contribution in [1.82, 2.24) is 10.3 Å². The molecule has 0 aliphatic carbocycles. The van der Waals surface area contributed by atoms with Crippen LogP contribution < -0.4 is 11.1 Å². The second kappa shape index (κ2) is 8.03. The third-order valence-electron chi connectivity index (χ3n) is 2.52. The lowest BCUT2D eigenvalue weighted by molar-refractivity contribution is 0.112. The average Bonchev–Trinajstić information content (AvgIpc) is 2.35. The zero-order chi connectivity index (χ0) is 12.5. The summed E-state index contributed by atoms with van der Waals surface area (Å²) in [6.07, 6.45) is 3.83. The molecule has 1 heterocycles. The van der Waals surface area contributed by atoms with Gasteiger partial charge in [-0.1, -0.05) is 19.9 Å². The van der Waals surface area contributed by atoms with Gasteiger partial charge >= 0.3 is 0 Å². The highest BCUT2D eigenvalue weighted by Crippen LogP contribution is 2.18. The number of rotatable bonds is 8. The van der Waals surface area contributed by atoms with E-state index in [-0.39, 0.29) is 6.04 Å². The number of nitrogen functional groups attached to an aromatic ring is 1. The molecule has 0 fully saturated rings. The topological polar surface area (TPSA) is 60.2 Å². The first-order valence-electron chi connectivity index (χ1n) is 6.31. The number of pyridine rings is 1. The van der Waals surface area contributed by atoms with Crippen LogP contribution in [0.15, 0.2) is 18.3 Å². The number of nitrogens with zero attached hydrogens (tertiary/aromatic N) is 1. The first kappa shape index (κ1) is 13.9. The van der Waals surface area contributed by atoms with E-state index in [0.29, 0.717) is 12.4 Å². The van der Waals surface area contributed by atoms with Gasteiger partial charge in [0.05, 0.1) is 12.6 Å². The minimum Gasteiger partial charge on any atom is -0.383 e. The van der Waals surface area contributed by atoms with Crippen molar-refractivity contribution < 1.29 is 4.74 Å². The zero-order valence-electron chi connectivity index (χ0n) is 10.8. The van der Waals surface area contributed by atoms with Crippen LogP contribution in [0.4, 0.5) is 5.82 Å². The molecule has 1 aromatic heterocycles. The Morgan fingerprint density at radius 1 is 1.41 bits per heavy atom. The smallest absolute Gasteiger partial charge is 0.128 e. The summed E-state index contributed by atoms with van der Waals surface area (Å²) in [5, 5.41) is 3.44. The van der Waals surface area contributed by atoms with Crippen molar-refractivity contribution in [3.8, 4) is 0 Å². The number of hydrogen-bond acceptors (Lipinski definition) is 4. The van der Waals surface area contributed by atoms with Crippen LogP contribution >= 0.6 is 0 Å². The van der Waals surface area contributed by atoms with Gasteiger partial charge in [0.25, 0.3) is 0 Å². The van der Waals surface area contributed by atoms with Crippen molar-refractivity contribution >= 4 is 5.82 Å². The Kier molecular flexibility index (Phi) is 6.58. The van der Waals surface area contributed by atoms with E-state index in [4.69, 9.17) is 10.5 Å². The standard InChI is InChI=1S/C13H23N3O/c1-3-7-15-12(10-17-9-4-2)11-6-5-8-16-13(11)14/h5-6,8,12,15H,3-4,7,9-10H2,1-2H3,(H2,14,16). The molecule has 0 aromatic carbocycles. The Balaban J connectivity index is 2.64. The molecule has 17 heavy (non-hydrogen) atoms. The number of nitrogens with two attached hydrogens (primary N) is 1. The van der Waals surface area contributed by atoms with Gasteiger partial charge in [-0.3, -0.25) is 0 Å². The van der Waals surface area contributed by atoms with Gasteiger partial charge in [0.2, 0.25) is 0 Å². The second-order valence-corrected chi connectivity index (χ2v) is 4.06. The van der Waals surface area contributed by atoms with Crippen LogP contribution in [0, 0.1) is 0 Å². The van der Waals surface area contributed by atoms with E-state index in [9.17, 15) is 0 Å². The Morgan fingerprint density at radius 2 is 2.24 bits per heavy atom. The van der Waals surface area contributed by atoms with Crippen molar-refractivity contribution in [2.75, 3.05) is 25.5 Å². The second-order valence-electron chi connectivity index (χ2n) is 4.06. The lowest BCUT2D eigenvalue weighted by Crippen LogP contribution is -2.27. The third kappa shape index (κ3) is 4.71. The molecule has 4 heteroatoms. The molecule has 1 atom stereocenters. The summed E-state index contributed by atoms with van der Waals surface area (Å²) in [6.45, 7) is 6.62. The van der Waals surface area contributed by atoms with Gasteiger partial charge < -0.3 is 15.8 Å². The van der Waals surface area contributed by atoms with Gasteiger partial charge in [0.15, 0.2) is 0 Å². The van der Waals surface area contributed by atoms with Gasteiger partial charge in [-0.05, 0) is 25.5 Å². The number of aromatic nitrogens is 1. The Hall–Kier alpha value is -1.13. The van der Waals surface area contributed by atoms with E-state index in [2.05, 4.69) is 24.1 Å². The monoisotopic (exact) mass is 237 g/mol. The van der Waals surface area contributed by atoms with Crippen LogP contribution in [0.5, 0.6) is 0 Å². The quantitative estimate of drug-likeness (QED) is 0.680. The van der Waals surface area contributed by atoms with Crippen LogP contribution in [0.2, 0.25) is 0 Å². The highest BCUT2D eigenvalue weighted by molar-refractivity contribution is 5.40. The van der Waals surface area contributed by atoms with Crippen molar-refractivity contribution in [3.63, 3.8) is 0 Å². The number of nitrogens with one attached hydrogen (secondary N) is 1. The molecule has 0 spiro atoms. The lowest BCUT2D eigenvalue weighted by Gasteiger charge is -2.19. The predicted octanol–water partition coefficient (Wildman–Crippen LogP) is 2.13. The minimum absolute atomic E-state index is 0.134. The van der Waals surface area contributed by atoms with E-state index in [0.717, 1.165) is 31.6 Å². The van der Waals surface area contributed by atoms with Gasteiger partial charge in [-0.25, -0.2) is 4.98 Å². The SMILES string of the molecule is CCCNC(COCCC)c1cccnc1N. The number of hydrogen-bond donors (Lipinski definition) is 2. The molecule has 1 unspecified atom stereocenters. The van der Waals surface area contributed by atoms with E-state index in [1.807, 2.05) is 12.1 Å². The first-order valence-corrected chi connectivity index (χ1v) is 6.31. The molecule has 0 radical (unpaired) electrons. The fraction of sp³-hybridized carbons (Fsp3) is 0.615. The molecular formula is C13H23N3O. The van der Waals surface area contributed by atoms with Crippen LogP contribution in [-0.4, -0.2) is 24.7 Å². The van der Waals surface area contributed by atoms with Crippen molar-refractivity contribution in [3.05, 3.63) is 23.9 Å². The number of anilines is 1. The Morgan fingerprint density at radius 3 is 2.88 bits per heavy atom. The van der Waals surface area contributed by atoms with Crippen LogP contribution in [-0.2, 0) is 4.74 Å². The third-order valence-corrected chi connectivity index (χ3v) is 2.52. The highest BCUT2D eigenvalue weighted by Gasteiger charge is 2.13.